The maximum absolute atomic E-state index is 9.58. The second kappa shape index (κ2) is 3.75. The molecule has 0 aromatic heterocycles. The van der Waals surface area contributed by atoms with Crippen LogP contribution in [0.5, 0.6) is 0 Å². The quantitative estimate of drug-likeness (QED) is 0.690. The fourth-order valence-corrected chi connectivity index (χ4v) is 1.77. The van der Waals surface area contributed by atoms with Crippen molar-refractivity contribution in [1.29, 1.82) is 0 Å². The lowest BCUT2D eigenvalue weighted by molar-refractivity contribution is -0.0540. The highest BCUT2D eigenvalue weighted by atomic mass is 16.5. The van der Waals surface area contributed by atoms with Crippen molar-refractivity contribution in [2.45, 2.75) is 51.7 Å². The molecule has 12 heavy (non-hydrogen) atoms. The van der Waals surface area contributed by atoms with Crippen LogP contribution >= 0.6 is 0 Å². The smallest absolute Gasteiger partial charge is 0.0616 e. The zero-order chi connectivity index (χ0) is 9.19. The van der Waals surface area contributed by atoms with Crippen LogP contribution in [0, 0.1) is 5.92 Å². The third kappa shape index (κ3) is 3.55. The Morgan fingerprint density at radius 1 is 1.50 bits per heavy atom. The Labute approximate surface area is 74.9 Å². The highest BCUT2D eigenvalue weighted by Crippen LogP contribution is 2.25. The second-order valence-corrected chi connectivity index (χ2v) is 4.64. The van der Waals surface area contributed by atoms with E-state index in [2.05, 4.69) is 6.92 Å². The third-order valence-electron chi connectivity index (χ3n) is 2.36. The van der Waals surface area contributed by atoms with Gasteiger partial charge in [0.2, 0.25) is 0 Å². The average Bonchev–Trinajstić information content (AvgIpc) is 1.82. The summed E-state index contributed by atoms with van der Waals surface area (Å²) in [6, 6.07) is 0. The monoisotopic (exact) mass is 172 g/mol. The maximum atomic E-state index is 9.58. The molecule has 0 amide bonds. The van der Waals surface area contributed by atoms with Crippen LogP contribution in [0.4, 0.5) is 0 Å². The molecule has 1 fully saturated rings. The fourth-order valence-electron chi connectivity index (χ4n) is 1.77. The molecule has 0 spiro atoms. The van der Waals surface area contributed by atoms with Crippen molar-refractivity contribution in [2.75, 3.05) is 6.61 Å². The van der Waals surface area contributed by atoms with Gasteiger partial charge in [-0.05, 0) is 32.6 Å². The van der Waals surface area contributed by atoms with E-state index in [1.54, 1.807) is 0 Å². The van der Waals surface area contributed by atoms with Gasteiger partial charge in [-0.15, -0.1) is 0 Å². The lowest BCUT2D eigenvalue weighted by atomic mass is 9.91. The summed E-state index contributed by atoms with van der Waals surface area (Å²) >= 11 is 0. The minimum atomic E-state index is -0.582. The Kier molecular flexibility index (Phi) is 3.13. The first kappa shape index (κ1) is 10.0. The molecular weight excluding hydrogens is 152 g/mol. The van der Waals surface area contributed by atoms with Crippen LogP contribution in [0.15, 0.2) is 0 Å². The molecule has 2 heteroatoms. The SMILES string of the molecule is C[C@@H]1CCO[C@H](CC(C)(C)O)C1. The molecule has 2 atom stereocenters. The van der Waals surface area contributed by atoms with E-state index in [0.717, 1.165) is 25.4 Å². The molecule has 0 saturated carbocycles. The molecule has 1 aliphatic heterocycles. The second-order valence-electron chi connectivity index (χ2n) is 4.64. The molecule has 1 saturated heterocycles. The molecule has 0 aromatic carbocycles. The normalized spacial score (nSPS) is 32.0. The molecular formula is C10H20O2. The molecule has 1 heterocycles. The van der Waals surface area contributed by atoms with Gasteiger partial charge < -0.3 is 9.84 Å². The lowest BCUT2D eigenvalue weighted by Gasteiger charge is -2.31. The van der Waals surface area contributed by atoms with E-state index < -0.39 is 5.60 Å². The number of ether oxygens (including phenoxy) is 1. The van der Waals surface area contributed by atoms with Gasteiger partial charge in [0, 0.05) is 13.0 Å². The Morgan fingerprint density at radius 3 is 2.67 bits per heavy atom. The Balaban J connectivity index is 2.32. The van der Waals surface area contributed by atoms with Crippen LogP contribution in [-0.2, 0) is 4.74 Å². The number of rotatable bonds is 2. The van der Waals surface area contributed by atoms with Crippen LogP contribution in [0.3, 0.4) is 0 Å². The predicted molar refractivity (Wildman–Crippen MR) is 49.1 cm³/mol. The molecule has 0 unspecified atom stereocenters. The maximum Gasteiger partial charge on any atom is 0.0616 e. The van der Waals surface area contributed by atoms with E-state index in [1.165, 1.54) is 6.42 Å². The first-order valence-corrected chi connectivity index (χ1v) is 4.81. The van der Waals surface area contributed by atoms with E-state index in [-0.39, 0.29) is 6.10 Å². The molecule has 2 nitrogen and oxygen atoms in total. The molecule has 0 radical (unpaired) electrons. The summed E-state index contributed by atoms with van der Waals surface area (Å²) in [6.45, 7) is 6.80. The standard InChI is InChI=1S/C10H20O2/c1-8-4-5-12-9(6-8)7-10(2,3)11/h8-9,11H,4-7H2,1-3H3/t8-,9+/m1/s1. The van der Waals surface area contributed by atoms with E-state index in [0.29, 0.717) is 0 Å². The van der Waals surface area contributed by atoms with E-state index in [9.17, 15) is 5.11 Å². The van der Waals surface area contributed by atoms with Crippen molar-refractivity contribution >= 4 is 0 Å². The summed E-state index contributed by atoms with van der Waals surface area (Å²) in [7, 11) is 0. The van der Waals surface area contributed by atoms with Gasteiger partial charge in [-0.3, -0.25) is 0 Å². The number of hydrogen-bond donors (Lipinski definition) is 1. The van der Waals surface area contributed by atoms with Gasteiger partial charge in [-0.1, -0.05) is 6.92 Å². The lowest BCUT2D eigenvalue weighted by Crippen LogP contribution is -2.32. The molecule has 72 valence electrons. The van der Waals surface area contributed by atoms with Gasteiger partial charge in [0.15, 0.2) is 0 Å². The van der Waals surface area contributed by atoms with Gasteiger partial charge in [0.05, 0.1) is 11.7 Å². The van der Waals surface area contributed by atoms with Crippen molar-refractivity contribution in [3.05, 3.63) is 0 Å². The third-order valence-corrected chi connectivity index (χ3v) is 2.36. The van der Waals surface area contributed by atoms with Gasteiger partial charge in [0.25, 0.3) is 0 Å². The summed E-state index contributed by atoms with van der Waals surface area (Å²) in [4.78, 5) is 0. The predicted octanol–water partition coefficient (Wildman–Crippen LogP) is 1.96. The molecule has 0 aliphatic carbocycles. The summed E-state index contributed by atoms with van der Waals surface area (Å²) in [5, 5.41) is 9.58. The first-order chi connectivity index (χ1) is 5.47. The highest BCUT2D eigenvalue weighted by Gasteiger charge is 2.25. The zero-order valence-electron chi connectivity index (χ0n) is 8.34. The molecule has 1 aliphatic rings. The number of hydrogen-bond acceptors (Lipinski definition) is 2. The summed E-state index contributed by atoms with van der Waals surface area (Å²) in [5.74, 6) is 0.756. The highest BCUT2D eigenvalue weighted by molar-refractivity contribution is 4.76. The minimum absolute atomic E-state index is 0.272. The van der Waals surface area contributed by atoms with Gasteiger partial charge in [-0.2, -0.15) is 0 Å². The van der Waals surface area contributed by atoms with Crippen molar-refractivity contribution in [2.24, 2.45) is 5.92 Å². The summed E-state index contributed by atoms with van der Waals surface area (Å²) in [6.07, 6.45) is 3.30. The van der Waals surface area contributed by atoms with Crippen LogP contribution < -0.4 is 0 Å². The Hall–Kier alpha value is -0.0800. The minimum Gasteiger partial charge on any atom is -0.390 e. The Bertz CT molecular complexity index is 137. The van der Waals surface area contributed by atoms with Crippen molar-refractivity contribution < 1.29 is 9.84 Å². The van der Waals surface area contributed by atoms with Crippen molar-refractivity contribution in [1.82, 2.24) is 0 Å². The van der Waals surface area contributed by atoms with Crippen molar-refractivity contribution in [3.8, 4) is 0 Å². The average molecular weight is 172 g/mol. The zero-order valence-corrected chi connectivity index (χ0v) is 8.34. The van der Waals surface area contributed by atoms with Crippen molar-refractivity contribution in [3.63, 3.8) is 0 Å². The largest absolute Gasteiger partial charge is 0.390 e. The van der Waals surface area contributed by atoms with E-state index >= 15 is 0 Å². The molecule has 0 bridgehead atoms. The fraction of sp³-hybridized carbons (Fsp3) is 1.00. The van der Waals surface area contributed by atoms with Crippen LogP contribution in [0.1, 0.15) is 40.0 Å². The van der Waals surface area contributed by atoms with Crippen LogP contribution in [-0.4, -0.2) is 23.4 Å². The van der Waals surface area contributed by atoms with E-state index in [1.807, 2.05) is 13.8 Å². The topological polar surface area (TPSA) is 29.5 Å². The Morgan fingerprint density at radius 2 is 2.17 bits per heavy atom. The van der Waals surface area contributed by atoms with Crippen LogP contribution in [0.25, 0.3) is 0 Å². The summed E-state index contributed by atoms with van der Waals surface area (Å²) in [5.41, 5.74) is -0.582. The van der Waals surface area contributed by atoms with Gasteiger partial charge >= 0.3 is 0 Å². The molecule has 1 rings (SSSR count). The van der Waals surface area contributed by atoms with Gasteiger partial charge in [0.1, 0.15) is 0 Å². The van der Waals surface area contributed by atoms with Gasteiger partial charge in [-0.25, -0.2) is 0 Å². The summed E-state index contributed by atoms with van der Waals surface area (Å²) < 4.78 is 5.56. The first-order valence-electron chi connectivity index (χ1n) is 4.81. The van der Waals surface area contributed by atoms with Crippen LogP contribution in [0.2, 0.25) is 0 Å². The molecule has 1 N–H and O–H groups in total. The molecule has 0 aromatic rings. The van der Waals surface area contributed by atoms with E-state index in [4.69, 9.17) is 4.74 Å². The number of aliphatic hydroxyl groups is 1.